The fraction of sp³-hybridized carbons (Fsp3) is 0.878. The Morgan fingerprint density at radius 2 is 1.58 bits per heavy atom. The molecule has 10 fully saturated rings. The fourth-order valence-corrected chi connectivity index (χ4v) is 11.7. The lowest BCUT2D eigenvalue weighted by Gasteiger charge is -2.47. The van der Waals surface area contributed by atoms with Crippen LogP contribution in [0, 0.1) is 17.8 Å². The van der Waals surface area contributed by atoms with Crippen molar-refractivity contribution in [1.29, 1.82) is 0 Å². The predicted molar refractivity (Wildman–Crippen MR) is 189 cm³/mol. The number of carbonyl (C=O) groups excluding carboxylic acids is 1. The molecule has 12 bridgehead atoms. The van der Waals surface area contributed by atoms with Crippen molar-refractivity contribution in [2.75, 3.05) is 6.54 Å². The van der Waals surface area contributed by atoms with Gasteiger partial charge in [-0.25, -0.2) is 0 Å². The molecule has 1 spiro atoms. The molecular formula is C41H61NO10. The van der Waals surface area contributed by atoms with Crippen LogP contribution in [0.15, 0.2) is 24.3 Å². The zero-order valence-corrected chi connectivity index (χ0v) is 31.3. The second-order valence-corrected chi connectivity index (χ2v) is 18.3. The molecule has 0 radical (unpaired) electrons. The van der Waals surface area contributed by atoms with Crippen molar-refractivity contribution in [3.63, 3.8) is 0 Å². The molecule has 10 aliphatic rings. The van der Waals surface area contributed by atoms with Crippen molar-refractivity contribution >= 4 is 5.78 Å². The minimum Gasteiger partial charge on any atom is -0.392 e. The number of nitrogens with two attached hydrogens (primary N) is 1. The van der Waals surface area contributed by atoms with Gasteiger partial charge in [0, 0.05) is 45.1 Å². The van der Waals surface area contributed by atoms with E-state index >= 15 is 0 Å². The third-order valence-corrected chi connectivity index (χ3v) is 14.6. The molecule has 0 aromatic carbocycles. The minimum atomic E-state index is -0.803. The van der Waals surface area contributed by atoms with Gasteiger partial charge in [-0.3, -0.25) is 4.79 Å². The Bertz CT molecular complexity index is 1410. The van der Waals surface area contributed by atoms with Crippen LogP contribution in [0.5, 0.6) is 0 Å². The van der Waals surface area contributed by atoms with E-state index in [1.165, 1.54) is 0 Å². The predicted octanol–water partition coefficient (Wildman–Crippen LogP) is 4.45. The maximum Gasteiger partial charge on any atom is 0.172 e. The van der Waals surface area contributed by atoms with E-state index in [-0.39, 0.29) is 104 Å². The van der Waals surface area contributed by atoms with Gasteiger partial charge in [-0.2, -0.15) is 0 Å². The van der Waals surface area contributed by atoms with Crippen LogP contribution in [0.2, 0.25) is 0 Å². The molecule has 3 N–H and O–H groups in total. The van der Waals surface area contributed by atoms with Gasteiger partial charge in [-0.05, 0) is 80.8 Å². The summed E-state index contributed by atoms with van der Waals surface area (Å²) in [6.45, 7) is 15.6. The topological polar surface area (TPSA) is 137 Å². The zero-order valence-electron chi connectivity index (χ0n) is 31.3. The van der Waals surface area contributed by atoms with Crippen LogP contribution < -0.4 is 5.73 Å². The van der Waals surface area contributed by atoms with Crippen LogP contribution in [0.1, 0.15) is 104 Å². The van der Waals surface area contributed by atoms with Crippen molar-refractivity contribution in [2.45, 2.75) is 201 Å². The van der Waals surface area contributed by atoms with Crippen LogP contribution in [0.4, 0.5) is 0 Å². The molecule has 11 heteroatoms. The molecule has 0 aromatic rings. The van der Waals surface area contributed by atoms with Crippen molar-refractivity contribution in [2.24, 2.45) is 23.5 Å². The number of hydrogen-bond acceptors (Lipinski definition) is 11. The number of carbonyl (C=O) groups is 1. The first kappa shape index (κ1) is 36.4. The molecule has 10 saturated heterocycles. The Labute approximate surface area is 308 Å². The van der Waals surface area contributed by atoms with E-state index in [1.807, 2.05) is 0 Å². The SMILES string of the molecule is C=C1C[C@@H]2CCC34C[C@@]5(C)O[C@H]6[C@@H](O3)[C@H]3O[C@H](CC[C@@H]3O[C@H]6[C@H]5O4)CC(=O)CC3[C@H](CC4O[C@@H](CCC1O2)C[C@@H](C)C4=C)O[C@H](C[C@H](O)CN)[C@@H]3C. The van der Waals surface area contributed by atoms with E-state index in [0.717, 1.165) is 56.1 Å². The Kier molecular flexibility index (Phi) is 9.62. The molecule has 0 amide bonds. The molecule has 0 aromatic heterocycles. The lowest BCUT2D eigenvalue weighted by molar-refractivity contribution is -0.294. The summed E-state index contributed by atoms with van der Waals surface area (Å²) < 4.78 is 54.5. The lowest BCUT2D eigenvalue weighted by Crippen LogP contribution is -2.61. The normalized spacial score (nSPS) is 53.8. The highest BCUT2D eigenvalue weighted by molar-refractivity contribution is 5.79. The summed E-state index contributed by atoms with van der Waals surface area (Å²) in [6, 6.07) is 0. The average molecular weight is 728 g/mol. The number of hydrogen-bond donors (Lipinski definition) is 2. The molecule has 0 aliphatic carbocycles. The monoisotopic (exact) mass is 727 g/mol. The summed E-state index contributed by atoms with van der Waals surface area (Å²) in [7, 11) is 0. The highest BCUT2D eigenvalue weighted by atomic mass is 16.8. The molecule has 19 atom stereocenters. The average Bonchev–Trinajstić information content (AvgIpc) is 3.73. The zero-order chi connectivity index (χ0) is 36.1. The lowest BCUT2D eigenvalue weighted by atomic mass is 9.78. The van der Waals surface area contributed by atoms with Crippen molar-refractivity contribution in [3.05, 3.63) is 24.3 Å². The largest absolute Gasteiger partial charge is 0.392 e. The van der Waals surface area contributed by atoms with E-state index in [1.54, 1.807) is 0 Å². The van der Waals surface area contributed by atoms with Crippen LogP contribution in [0.3, 0.4) is 0 Å². The van der Waals surface area contributed by atoms with Crippen LogP contribution >= 0.6 is 0 Å². The second kappa shape index (κ2) is 13.7. The Morgan fingerprint density at radius 1 is 0.808 bits per heavy atom. The number of rotatable bonds is 3. The van der Waals surface area contributed by atoms with E-state index in [2.05, 4.69) is 33.9 Å². The first-order valence-electron chi connectivity index (χ1n) is 20.5. The third kappa shape index (κ3) is 6.40. The van der Waals surface area contributed by atoms with Crippen LogP contribution in [-0.2, 0) is 42.7 Å². The number of ketones is 1. The molecule has 290 valence electrons. The summed E-state index contributed by atoms with van der Waals surface area (Å²) in [4.78, 5) is 14.0. The summed E-state index contributed by atoms with van der Waals surface area (Å²) in [5.41, 5.74) is 7.57. The van der Waals surface area contributed by atoms with Crippen LogP contribution in [-0.4, -0.2) is 114 Å². The number of aliphatic hydroxyl groups is 1. The number of ether oxygens (including phenoxy) is 8. The minimum absolute atomic E-state index is 0.00566. The van der Waals surface area contributed by atoms with Gasteiger partial charge in [0.2, 0.25) is 0 Å². The number of fused-ring (bicyclic) bond motifs is 6. The Morgan fingerprint density at radius 3 is 2.40 bits per heavy atom. The molecule has 10 heterocycles. The molecule has 0 saturated carbocycles. The van der Waals surface area contributed by atoms with Gasteiger partial charge in [0.15, 0.2) is 5.79 Å². The van der Waals surface area contributed by atoms with Gasteiger partial charge in [0.05, 0.1) is 54.9 Å². The Hall–Kier alpha value is -1.25. The van der Waals surface area contributed by atoms with Gasteiger partial charge >= 0.3 is 0 Å². The van der Waals surface area contributed by atoms with Gasteiger partial charge < -0.3 is 48.7 Å². The summed E-state index contributed by atoms with van der Waals surface area (Å²) in [6.07, 6.45) is 6.17. The molecular weight excluding hydrogens is 666 g/mol. The summed E-state index contributed by atoms with van der Waals surface area (Å²) >= 11 is 0. The van der Waals surface area contributed by atoms with E-state index < -0.39 is 17.5 Å². The third-order valence-electron chi connectivity index (χ3n) is 14.6. The summed E-state index contributed by atoms with van der Waals surface area (Å²) in [5.74, 6) is -0.272. The van der Waals surface area contributed by atoms with Gasteiger partial charge in [0.1, 0.15) is 41.9 Å². The van der Waals surface area contributed by atoms with Gasteiger partial charge in [-0.1, -0.05) is 27.0 Å². The first-order chi connectivity index (χ1) is 24.9. The molecule has 10 rings (SSSR count). The van der Waals surface area contributed by atoms with Gasteiger partial charge in [-0.15, -0.1) is 0 Å². The molecule has 10 aliphatic heterocycles. The molecule has 52 heavy (non-hydrogen) atoms. The Balaban J connectivity index is 0.994. The summed E-state index contributed by atoms with van der Waals surface area (Å²) in [5, 5.41) is 10.5. The van der Waals surface area contributed by atoms with Crippen molar-refractivity contribution in [3.8, 4) is 0 Å². The highest BCUT2D eigenvalue weighted by Crippen LogP contribution is 2.58. The molecule has 4 unspecified atom stereocenters. The fourth-order valence-electron chi connectivity index (χ4n) is 11.7. The van der Waals surface area contributed by atoms with E-state index in [9.17, 15) is 9.90 Å². The van der Waals surface area contributed by atoms with Gasteiger partial charge in [0.25, 0.3) is 0 Å². The van der Waals surface area contributed by atoms with E-state index in [0.29, 0.717) is 44.4 Å². The standard InChI is InChI=1S/C41H61NO10/c1-20-12-26-6-8-30-21(2)13-28(45-30)10-11-41-19-40(5)39(52-41)38-37(50-40)36(51-41)35-31(49-38)9-7-27(47-35)14-24(43)15-29-23(4)32(16-25(44)18-42)48-34(29)17-33(46-26)22(20)3/h20,23,25-39,44H,2-3,6-19,42H2,1,4-5H3/t20-,23-,25+,26+,27-,28+,29?,30?,31+,32-,33?,34+,35+,36+,37+,38-,39-,40-,41?/m1/s1. The van der Waals surface area contributed by atoms with Crippen molar-refractivity contribution in [1.82, 2.24) is 0 Å². The quantitative estimate of drug-likeness (QED) is 0.399. The number of Topliss-reactive ketones (excluding diaryl/α,β-unsaturated/α-hetero) is 1. The van der Waals surface area contributed by atoms with Crippen LogP contribution in [0.25, 0.3) is 0 Å². The molecule has 11 nitrogen and oxygen atoms in total. The maximum absolute atomic E-state index is 14.0. The first-order valence-corrected chi connectivity index (χ1v) is 20.5. The number of aliphatic hydroxyl groups excluding tert-OH is 1. The highest BCUT2D eigenvalue weighted by Gasteiger charge is 2.73. The smallest absolute Gasteiger partial charge is 0.172 e. The van der Waals surface area contributed by atoms with Crippen molar-refractivity contribution < 1.29 is 47.8 Å². The van der Waals surface area contributed by atoms with E-state index in [4.69, 9.17) is 43.6 Å². The maximum atomic E-state index is 14.0. The second-order valence-electron chi connectivity index (χ2n) is 18.3.